The Morgan fingerprint density at radius 1 is 0.974 bits per heavy atom. The zero-order chi connectivity index (χ0) is 27.4. The van der Waals surface area contributed by atoms with Gasteiger partial charge in [-0.05, 0) is 47.9 Å². The molecular weight excluding hydrogens is 542 g/mol. The van der Waals surface area contributed by atoms with Crippen molar-refractivity contribution in [3.63, 3.8) is 0 Å². The summed E-state index contributed by atoms with van der Waals surface area (Å²) >= 11 is 6.18. The molecule has 206 valence electrons. The highest BCUT2D eigenvalue weighted by Gasteiger charge is 2.32. The van der Waals surface area contributed by atoms with Gasteiger partial charge in [0, 0.05) is 32.7 Å². The highest BCUT2D eigenvalue weighted by Crippen LogP contribution is 2.33. The summed E-state index contributed by atoms with van der Waals surface area (Å²) in [7, 11) is -2.58. The molecule has 3 aromatic rings. The molecular formula is C28H30ClN3O6S. The molecule has 0 radical (unpaired) electrons. The molecule has 2 aliphatic heterocycles. The second-order valence-corrected chi connectivity index (χ2v) is 11.6. The van der Waals surface area contributed by atoms with Crippen LogP contribution < -0.4 is 18.9 Å². The fraction of sp³-hybridized carbons (Fsp3) is 0.321. The van der Waals surface area contributed by atoms with Crippen molar-refractivity contribution in [2.45, 2.75) is 23.9 Å². The lowest BCUT2D eigenvalue weighted by atomic mass is 10.1. The zero-order valence-corrected chi connectivity index (χ0v) is 23.1. The molecule has 11 heteroatoms. The highest BCUT2D eigenvalue weighted by molar-refractivity contribution is 7.89. The molecule has 39 heavy (non-hydrogen) atoms. The average molecular weight is 572 g/mol. The van der Waals surface area contributed by atoms with Crippen LogP contribution in [-0.2, 0) is 27.8 Å². The number of benzene rings is 3. The van der Waals surface area contributed by atoms with Gasteiger partial charge in [0.15, 0.2) is 11.5 Å². The summed E-state index contributed by atoms with van der Waals surface area (Å²) in [6, 6.07) is 18.5. The standard InChI is InChI=1S/C28H30ClN3O6S/c1-36-25-10-8-22(17-23(25)29)39(34,35)30-24(15-20-5-3-2-4-6-20)28(33)32-13-11-31(12-14-32)18-21-7-9-26-27(16-21)38-19-37-26/h2-10,16-17,24,30H,11-15,18-19H2,1H3. The highest BCUT2D eigenvalue weighted by atomic mass is 35.5. The van der Waals surface area contributed by atoms with E-state index in [-0.39, 0.29) is 29.0 Å². The summed E-state index contributed by atoms with van der Waals surface area (Å²) in [5.41, 5.74) is 1.96. The first kappa shape index (κ1) is 27.3. The number of nitrogens with one attached hydrogen (secondary N) is 1. The van der Waals surface area contributed by atoms with Gasteiger partial charge in [0.2, 0.25) is 22.7 Å². The summed E-state index contributed by atoms with van der Waals surface area (Å²) in [6.07, 6.45) is 0.222. The number of hydrogen-bond acceptors (Lipinski definition) is 7. The topological polar surface area (TPSA) is 97.4 Å². The van der Waals surface area contributed by atoms with Crippen LogP contribution in [-0.4, -0.2) is 70.2 Å². The SMILES string of the molecule is COc1ccc(S(=O)(=O)NC(Cc2ccccc2)C(=O)N2CCN(Cc3ccc4c(c3)OCO4)CC2)cc1Cl. The van der Waals surface area contributed by atoms with Crippen LogP contribution in [0.4, 0.5) is 0 Å². The molecule has 0 bridgehead atoms. The number of hydrogen-bond donors (Lipinski definition) is 1. The molecule has 1 unspecified atom stereocenters. The largest absolute Gasteiger partial charge is 0.495 e. The zero-order valence-electron chi connectivity index (χ0n) is 21.5. The molecule has 0 spiro atoms. The van der Waals surface area contributed by atoms with Crippen molar-refractivity contribution in [3.8, 4) is 17.2 Å². The van der Waals surface area contributed by atoms with Gasteiger partial charge in [0.25, 0.3) is 0 Å². The van der Waals surface area contributed by atoms with Gasteiger partial charge >= 0.3 is 0 Å². The molecule has 1 fully saturated rings. The first-order valence-electron chi connectivity index (χ1n) is 12.6. The number of piperazine rings is 1. The van der Waals surface area contributed by atoms with E-state index in [4.69, 9.17) is 25.8 Å². The molecule has 0 aromatic heterocycles. The summed E-state index contributed by atoms with van der Waals surface area (Å²) in [6.45, 7) is 3.27. The van der Waals surface area contributed by atoms with Crippen LogP contribution in [0.15, 0.2) is 71.6 Å². The molecule has 1 atom stereocenters. The molecule has 0 aliphatic carbocycles. The number of halogens is 1. The van der Waals surface area contributed by atoms with Gasteiger partial charge < -0.3 is 19.1 Å². The van der Waals surface area contributed by atoms with E-state index >= 15 is 0 Å². The van der Waals surface area contributed by atoms with Crippen LogP contribution >= 0.6 is 11.6 Å². The average Bonchev–Trinajstić information content (AvgIpc) is 3.41. The van der Waals surface area contributed by atoms with Gasteiger partial charge in [-0.3, -0.25) is 9.69 Å². The molecule has 1 amide bonds. The fourth-order valence-corrected chi connectivity index (χ4v) is 6.28. The first-order valence-corrected chi connectivity index (χ1v) is 14.5. The van der Waals surface area contributed by atoms with Crippen LogP contribution in [0.1, 0.15) is 11.1 Å². The number of methoxy groups -OCH3 is 1. The molecule has 2 aliphatic rings. The van der Waals surface area contributed by atoms with E-state index in [1.165, 1.54) is 25.3 Å². The van der Waals surface area contributed by atoms with Crippen molar-refractivity contribution in [2.24, 2.45) is 0 Å². The van der Waals surface area contributed by atoms with Crippen LogP contribution in [0, 0.1) is 0 Å². The van der Waals surface area contributed by atoms with Crippen LogP contribution in [0.25, 0.3) is 0 Å². The molecule has 1 saturated heterocycles. The van der Waals surface area contributed by atoms with E-state index in [9.17, 15) is 13.2 Å². The lowest BCUT2D eigenvalue weighted by Crippen LogP contribution is -2.55. The number of sulfonamides is 1. The van der Waals surface area contributed by atoms with Crippen LogP contribution in [0.3, 0.4) is 0 Å². The van der Waals surface area contributed by atoms with Crippen molar-refractivity contribution in [1.82, 2.24) is 14.5 Å². The third-order valence-corrected chi connectivity index (χ3v) is 8.60. The number of carbonyl (C=O) groups excluding carboxylic acids is 1. The first-order chi connectivity index (χ1) is 18.8. The number of amides is 1. The van der Waals surface area contributed by atoms with Gasteiger partial charge in [-0.25, -0.2) is 8.42 Å². The lowest BCUT2D eigenvalue weighted by molar-refractivity contribution is -0.134. The van der Waals surface area contributed by atoms with Crippen molar-refractivity contribution >= 4 is 27.5 Å². The van der Waals surface area contributed by atoms with Crippen LogP contribution in [0.2, 0.25) is 5.02 Å². The van der Waals surface area contributed by atoms with Gasteiger partial charge in [0.1, 0.15) is 11.8 Å². The minimum Gasteiger partial charge on any atom is -0.495 e. The minimum absolute atomic E-state index is 0.0345. The third-order valence-electron chi connectivity index (χ3n) is 6.84. The van der Waals surface area contributed by atoms with Crippen molar-refractivity contribution in [3.05, 3.63) is 82.9 Å². The van der Waals surface area contributed by atoms with Gasteiger partial charge in [-0.15, -0.1) is 0 Å². The Morgan fingerprint density at radius 3 is 2.44 bits per heavy atom. The molecule has 9 nitrogen and oxygen atoms in total. The Labute approximate surface area is 233 Å². The molecule has 5 rings (SSSR count). The minimum atomic E-state index is -4.04. The summed E-state index contributed by atoms with van der Waals surface area (Å²) in [5.74, 6) is 1.60. The van der Waals surface area contributed by atoms with E-state index in [0.29, 0.717) is 31.9 Å². The predicted octanol–water partition coefficient (Wildman–Crippen LogP) is 3.31. The third kappa shape index (κ3) is 6.47. The van der Waals surface area contributed by atoms with E-state index in [1.54, 1.807) is 4.90 Å². The lowest BCUT2D eigenvalue weighted by Gasteiger charge is -2.36. The van der Waals surface area contributed by atoms with E-state index in [0.717, 1.165) is 29.2 Å². The molecule has 0 saturated carbocycles. The van der Waals surface area contributed by atoms with Crippen LogP contribution in [0.5, 0.6) is 17.2 Å². The molecule has 2 heterocycles. The smallest absolute Gasteiger partial charge is 0.241 e. The quantitative estimate of drug-likeness (QED) is 0.421. The fourth-order valence-electron chi connectivity index (χ4n) is 4.74. The van der Waals surface area contributed by atoms with Crippen molar-refractivity contribution < 1.29 is 27.4 Å². The van der Waals surface area contributed by atoms with E-state index in [2.05, 4.69) is 9.62 Å². The number of nitrogens with zero attached hydrogens (tertiary/aromatic N) is 2. The summed E-state index contributed by atoms with van der Waals surface area (Å²) < 4.78 is 45.2. The van der Waals surface area contributed by atoms with Gasteiger partial charge in [-0.1, -0.05) is 48.0 Å². The maximum Gasteiger partial charge on any atom is 0.241 e. The van der Waals surface area contributed by atoms with E-state index in [1.807, 2.05) is 48.5 Å². The summed E-state index contributed by atoms with van der Waals surface area (Å²) in [5, 5.41) is 0.171. The van der Waals surface area contributed by atoms with Crippen molar-refractivity contribution in [1.29, 1.82) is 0 Å². The Hall–Kier alpha value is -3.31. The van der Waals surface area contributed by atoms with Gasteiger partial charge in [-0.2, -0.15) is 4.72 Å². The number of rotatable bonds is 9. The maximum atomic E-state index is 13.7. The monoisotopic (exact) mass is 571 g/mol. The Balaban J connectivity index is 1.27. The van der Waals surface area contributed by atoms with Gasteiger partial charge in [0.05, 0.1) is 17.0 Å². The number of ether oxygens (including phenoxy) is 3. The molecule has 3 aromatic carbocycles. The second-order valence-electron chi connectivity index (χ2n) is 9.45. The second kappa shape index (κ2) is 11.8. The Bertz CT molecular complexity index is 1430. The Morgan fingerprint density at radius 2 is 1.72 bits per heavy atom. The Kier molecular flexibility index (Phi) is 8.27. The van der Waals surface area contributed by atoms with E-state index < -0.39 is 16.1 Å². The molecule has 1 N–H and O–H groups in total. The maximum absolute atomic E-state index is 13.7. The summed E-state index contributed by atoms with van der Waals surface area (Å²) in [4.78, 5) is 17.6. The normalized spacial score (nSPS) is 16.2. The van der Waals surface area contributed by atoms with Crippen molar-refractivity contribution in [2.75, 3.05) is 40.1 Å². The number of fused-ring (bicyclic) bond motifs is 1. The number of carbonyl (C=O) groups is 1. The predicted molar refractivity (Wildman–Crippen MR) is 147 cm³/mol.